The minimum absolute atomic E-state index is 0.197. The molecule has 1 aliphatic rings. The third-order valence-electron chi connectivity index (χ3n) is 3.71. The van der Waals surface area contributed by atoms with Gasteiger partial charge in [-0.05, 0) is 11.6 Å². The van der Waals surface area contributed by atoms with E-state index in [1.165, 1.54) is 4.90 Å². The van der Waals surface area contributed by atoms with E-state index in [0.717, 1.165) is 22.9 Å². The van der Waals surface area contributed by atoms with Crippen LogP contribution in [0.4, 0.5) is 0 Å². The van der Waals surface area contributed by atoms with Gasteiger partial charge in [0.2, 0.25) is 0 Å². The highest BCUT2D eigenvalue weighted by molar-refractivity contribution is 8.26. The van der Waals surface area contributed by atoms with Crippen molar-refractivity contribution in [2.75, 3.05) is 0 Å². The van der Waals surface area contributed by atoms with Crippen LogP contribution >= 0.6 is 24.0 Å². The van der Waals surface area contributed by atoms with Gasteiger partial charge in [-0.15, -0.1) is 0 Å². The number of carbonyl (C=O) groups is 2. The zero-order chi connectivity index (χ0) is 18.0. The predicted molar refractivity (Wildman–Crippen MR) is 99.8 cm³/mol. The van der Waals surface area contributed by atoms with Crippen molar-refractivity contribution in [1.82, 2.24) is 14.7 Å². The van der Waals surface area contributed by atoms with Crippen molar-refractivity contribution in [3.05, 3.63) is 58.8 Å². The van der Waals surface area contributed by atoms with Crippen LogP contribution < -0.4 is 0 Å². The second-order valence-corrected chi connectivity index (χ2v) is 7.22. The number of rotatable bonds is 5. The van der Waals surface area contributed by atoms with Crippen LogP contribution in [-0.4, -0.2) is 42.0 Å². The molecule has 0 spiro atoms. The molecule has 1 aromatic carbocycles. The summed E-state index contributed by atoms with van der Waals surface area (Å²) < 4.78 is 1.88. The Balaban J connectivity index is 1.86. The number of hydrogen-bond donors (Lipinski definition) is 1. The van der Waals surface area contributed by atoms with Crippen molar-refractivity contribution in [2.24, 2.45) is 7.05 Å². The summed E-state index contributed by atoms with van der Waals surface area (Å²) in [6.07, 6.45) is 5.27. The van der Waals surface area contributed by atoms with Crippen LogP contribution in [-0.2, 0) is 23.1 Å². The summed E-state index contributed by atoms with van der Waals surface area (Å²) in [6, 6.07) is 8.16. The first-order chi connectivity index (χ1) is 12.0. The number of carboxylic acids is 1. The number of carboxylic acid groups (broad SMARTS) is 1. The molecule has 1 aromatic heterocycles. The van der Waals surface area contributed by atoms with Crippen LogP contribution in [0.2, 0.25) is 0 Å². The Kier molecular flexibility index (Phi) is 5.00. The Morgan fingerprint density at radius 3 is 2.72 bits per heavy atom. The number of aromatic nitrogens is 2. The van der Waals surface area contributed by atoms with E-state index in [-0.39, 0.29) is 16.6 Å². The third-order valence-corrected chi connectivity index (χ3v) is 5.05. The van der Waals surface area contributed by atoms with Crippen LogP contribution in [0.15, 0.2) is 47.6 Å². The van der Waals surface area contributed by atoms with E-state index in [2.05, 4.69) is 5.10 Å². The summed E-state index contributed by atoms with van der Waals surface area (Å²) in [7, 11) is 1.78. The largest absolute Gasteiger partial charge is 0.480 e. The third kappa shape index (κ3) is 3.80. The fraction of sp³-hybridized carbons (Fsp3) is 0.176. The molecule has 1 saturated heterocycles. The number of aliphatic carboxylic acids is 1. The van der Waals surface area contributed by atoms with E-state index < -0.39 is 12.0 Å². The van der Waals surface area contributed by atoms with Gasteiger partial charge in [0.15, 0.2) is 0 Å². The molecule has 128 valence electrons. The van der Waals surface area contributed by atoms with Gasteiger partial charge in [-0.3, -0.25) is 14.4 Å². The average molecular weight is 373 g/mol. The van der Waals surface area contributed by atoms with Crippen LogP contribution in [0, 0.1) is 0 Å². The monoisotopic (exact) mass is 373 g/mol. The maximum absolute atomic E-state index is 12.7. The van der Waals surface area contributed by atoms with E-state index in [1.807, 2.05) is 30.3 Å². The summed E-state index contributed by atoms with van der Waals surface area (Å²) in [5.41, 5.74) is 1.60. The summed E-state index contributed by atoms with van der Waals surface area (Å²) in [4.78, 5) is 26.1. The van der Waals surface area contributed by atoms with E-state index >= 15 is 0 Å². The highest BCUT2D eigenvalue weighted by Gasteiger charge is 2.40. The molecule has 8 heteroatoms. The molecule has 1 unspecified atom stereocenters. The first-order valence-electron chi connectivity index (χ1n) is 7.48. The zero-order valence-corrected chi connectivity index (χ0v) is 15.0. The van der Waals surface area contributed by atoms with E-state index in [1.54, 1.807) is 30.2 Å². The van der Waals surface area contributed by atoms with Gasteiger partial charge in [0.25, 0.3) is 5.91 Å². The second kappa shape index (κ2) is 7.20. The molecule has 1 aliphatic heterocycles. The molecular formula is C17H15N3O3S2. The molecule has 2 aromatic rings. The smallest absolute Gasteiger partial charge is 0.327 e. The number of hydrogen-bond acceptors (Lipinski definition) is 5. The summed E-state index contributed by atoms with van der Waals surface area (Å²) in [5, 5.41) is 13.7. The van der Waals surface area contributed by atoms with Crippen molar-refractivity contribution >= 4 is 46.3 Å². The van der Waals surface area contributed by atoms with Crippen molar-refractivity contribution in [2.45, 2.75) is 12.5 Å². The van der Waals surface area contributed by atoms with Crippen LogP contribution in [0.1, 0.15) is 11.1 Å². The molecule has 0 aliphatic carbocycles. The molecule has 0 radical (unpaired) electrons. The second-order valence-electron chi connectivity index (χ2n) is 5.54. The van der Waals surface area contributed by atoms with Crippen molar-refractivity contribution < 1.29 is 14.7 Å². The highest BCUT2D eigenvalue weighted by atomic mass is 32.2. The van der Waals surface area contributed by atoms with Gasteiger partial charge in [0.05, 0.1) is 11.1 Å². The van der Waals surface area contributed by atoms with Gasteiger partial charge < -0.3 is 5.11 Å². The van der Waals surface area contributed by atoms with Crippen molar-refractivity contribution in [3.63, 3.8) is 0 Å². The summed E-state index contributed by atoms with van der Waals surface area (Å²) in [5.74, 6) is -1.47. The topological polar surface area (TPSA) is 75.4 Å². The summed E-state index contributed by atoms with van der Waals surface area (Å²) in [6.45, 7) is 0. The Bertz CT molecular complexity index is 861. The number of aryl methyl sites for hydroxylation is 1. The summed E-state index contributed by atoms with van der Waals surface area (Å²) >= 11 is 6.38. The fourth-order valence-electron chi connectivity index (χ4n) is 2.54. The molecular weight excluding hydrogens is 358 g/mol. The standard InChI is InChI=1S/C17H15N3O3S2/c1-19-10-12(9-18-19)8-14-15(21)20(17(24)25-14)13(16(22)23)7-11-5-3-2-4-6-11/h2-6,8-10,13H,7H2,1H3,(H,22,23). The number of carbonyl (C=O) groups excluding carboxylic acids is 1. The van der Waals surface area contributed by atoms with Crippen molar-refractivity contribution in [1.29, 1.82) is 0 Å². The number of thioether (sulfide) groups is 1. The van der Waals surface area contributed by atoms with Crippen LogP contribution in [0.3, 0.4) is 0 Å². The van der Waals surface area contributed by atoms with Gasteiger partial charge in [0, 0.05) is 25.2 Å². The minimum Gasteiger partial charge on any atom is -0.480 e. The van der Waals surface area contributed by atoms with Gasteiger partial charge in [0.1, 0.15) is 10.4 Å². The molecule has 1 N–H and O–H groups in total. The van der Waals surface area contributed by atoms with Crippen molar-refractivity contribution in [3.8, 4) is 0 Å². The fourth-order valence-corrected chi connectivity index (χ4v) is 3.90. The normalized spacial score (nSPS) is 17.3. The van der Waals surface area contributed by atoms with Gasteiger partial charge in [-0.25, -0.2) is 4.79 Å². The lowest BCUT2D eigenvalue weighted by atomic mass is 10.0. The molecule has 0 saturated carbocycles. The maximum Gasteiger partial charge on any atom is 0.327 e. The number of thiocarbonyl (C=S) groups is 1. The SMILES string of the molecule is Cn1cc(C=C2SC(=S)N(C(Cc3ccccc3)C(=O)O)C2=O)cn1. The van der Waals surface area contributed by atoms with Gasteiger partial charge >= 0.3 is 5.97 Å². The molecule has 6 nitrogen and oxygen atoms in total. The molecule has 2 heterocycles. The van der Waals surface area contributed by atoms with Crippen LogP contribution in [0.5, 0.6) is 0 Å². The van der Waals surface area contributed by atoms with Gasteiger partial charge in [-0.1, -0.05) is 54.3 Å². The Morgan fingerprint density at radius 1 is 1.40 bits per heavy atom. The Labute approximate surface area is 154 Å². The molecule has 1 atom stereocenters. The molecule has 1 amide bonds. The number of amides is 1. The lowest BCUT2D eigenvalue weighted by Gasteiger charge is -2.23. The number of nitrogens with zero attached hydrogens (tertiary/aromatic N) is 3. The highest BCUT2D eigenvalue weighted by Crippen LogP contribution is 2.34. The minimum atomic E-state index is -1.08. The quantitative estimate of drug-likeness (QED) is 0.640. The average Bonchev–Trinajstić information content (AvgIpc) is 3.10. The zero-order valence-electron chi connectivity index (χ0n) is 13.3. The maximum atomic E-state index is 12.7. The lowest BCUT2D eigenvalue weighted by Crippen LogP contribution is -2.45. The van der Waals surface area contributed by atoms with E-state index in [9.17, 15) is 14.7 Å². The first kappa shape index (κ1) is 17.4. The predicted octanol–water partition coefficient (Wildman–Crippen LogP) is 2.32. The van der Waals surface area contributed by atoms with E-state index in [0.29, 0.717) is 4.91 Å². The molecule has 1 fully saturated rings. The lowest BCUT2D eigenvalue weighted by molar-refractivity contribution is -0.145. The van der Waals surface area contributed by atoms with Crippen LogP contribution in [0.25, 0.3) is 6.08 Å². The number of benzene rings is 1. The molecule has 3 rings (SSSR count). The molecule has 0 bridgehead atoms. The Morgan fingerprint density at radius 2 is 2.12 bits per heavy atom. The van der Waals surface area contributed by atoms with Gasteiger partial charge in [-0.2, -0.15) is 5.10 Å². The molecule has 25 heavy (non-hydrogen) atoms. The Hall–Kier alpha value is -2.45. The van der Waals surface area contributed by atoms with E-state index in [4.69, 9.17) is 12.2 Å². The first-order valence-corrected chi connectivity index (χ1v) is 8.70.